The lowest BCUT2D eigenvalue weighted by atomic mass is 9.96. The van der Waals surface area contributed by atoms with Crippen molar-refractivity contribution < 1.29 is 84.3 Å². The second kappa shape index (κ2) is 14.0. The molecule has 239 valence electrons. The number of hydrogen-bond acceptors (Lipinski definition) is 17. The lowest BCUT2D eigenvalue weighted by Gasteiger charge is -2.44. The zero-order chi connectivity index (χ0) is 30.6. The smallest absolute Gasteiger partial charge is 0.407 e. The zero-order valence-electron chi connectivity index (χ0n) is 22.3. The third-order valence-corrected chi connectivity index (χ3v) is 7.11. The summed E-state index contributed by atoms with van der Waals surface area (Å²) in [5.74, 6) is -7.49. The summed E-state index contributed by atoms with van der Waals surface area (Å²) in [6, 6.07) is 0. The molecule has 0 aromatic rings. The summed E-state index contributed by atoms with van der Waals surface area (Å²) in [4.78, 5) is 11.9. The Hall–Kier alpha value is -1.33. The predicted molar refractivity (Wildman–Crippen MR) is 128 cm³/mol. The first-order valence-electron chi connectivity index (χ1n) is 13.0. The number of ether oxygens (including phenoxy) is 6. The molecule has 41 heavy (non-hydrogen) atoms. The first-order chi connectivity index (χ1) is 19.3. The molecule has 3 heterocycles. The van der Waals surface area contributed by atoms with Crippen molar-refractivity contribution in [1.82, 2.24) is 5.32 Å². The van der Waals surface area contributed by atoms with Gasteiger partial charge in [0.2, 0.25) is 17.4 Å². The van der Waals surface area contributed by atoms with Gasteiger partial charge in [0.05, 0.1) is 19.3 Å². The van der Waals surface area contributed by atoms with E-state index in [0.717, 1.165) is 6.42 Å². The summed E-state index contributed by atoms with van der Waals surface area (Å²) in [6.07, 6.45) is -14.4. The van der Waals surface area contributed by atoms with Gasteiger partial charge < -0.3 is 84.8 Å². The second-order valence-electron chi connectivity index (χ2n) is 10.1. The molecule has 18 nitrogen and oxygen atoms in total. The van der Waals surface area contributed by atoms with Crippen LogP contribution < -0.4 is 5.32 Å². The maximum Gasteiger partial charge on any atom is 0.407 e. The fourth-order valence-corrected chi connectivity index (χ4v) is 4.58. The predicted octanol–water partition coefficient (Wildman–Crippen LogP) is -6.22. The zero-order valence-corrected chi connectivity index (χ0v) is 22.3. The van der Waals surface area contributed by atoms with E-state index in [1.54, 1.807) is 6.92 Å². The minimum atomic E-state index is -2.63. The minimum absolute atomic E-state index is 0.296. The third-order valence-electron chi connectivity index (χ3n) is 7.11. The van der Waals surface area contributed by atoms with E-state index in [9.17, 15) is 55.9 Å². The lowest BCUT2D eigenvalue weighted by molar-refractivity contribution is -0.375. The van der Waals surface area contributed by atoms with Gasteiger partial charge in [-0.05, 0) is 6.42 Å². The van der Waals surface area contributed by atoms with E-state index in [0.29, 0.717) is 13.0 Å². The number of aliphatic hydroxyl groups excluding tert-OH is 9. The molecule has 3 fully saturated rings. The molecule has 11 N–H and O–H groups in total. The van der Waals surface area contributed by atoms with E-state index in [4.69, 9.17) is 28.4 Å². The first-order valence-corrected chi connectivity index (χ1v) is 13.0. The number of rotatable bonds is 13. The molecule has 0 aromatic carbocycles. The van der Waals surface area contributed by atoms with Crippen molar-refractivity contribution in [3.8, 4) is 0 Å². The number of carbonyl (C=O) groups excluding carboxylic acids is 1. The van der Waals surface area contributed by atoms with Gasteiger partial charge in [-0.1, -0.05) is 6.92 Å². The van der Waals surface area contributed by atoms with Crippen molar-refractivity contribution in [2.75, 3.05) is 46.2 Å². The van der Waals surface area contributed by atoms with Crippen molar-refractivity contribution in [2.45, 2.75) is 85.6 Å². The number of amides is 1. The largest absolute Gasteiger partial charge is 0.447 e. The van der Waals surface area contributed by atoms with Gasteiger partial charge in [0.25, 0.3) is 0 Å². The topological polar surface area (TPSA) is 287 Å². The van der Waals surface area contributed by atoms with Gasteiger partial charge in [-0.15, -0.1) is 0 Å². The number of nitrogens with one attached hydrogen (secondary N) is 1. The van der Waals surface area contributed by atoms with Gasteiger partial charge in [-0.25, -0.2) is 4.79 Å². The summed E-state index contributed by atoms with van der Waals surface area (Å²) in [5, 5.41) is 105. The first kappa shape index (κ1) is 34.2. The Morgan fingerprint density at radius 1 is 0.854 bits per heavy atom. The lowest BCUT2D eigenvalue weighted by Crippen LogP contribution is -2.62. The monoisotopic (exact) mass is 602 g/mol. The minimum Gasteiger partial charge on any atom is -0.447 e. The van der Waals surface area contributed by atoms with Crippen LogP contribution in [0.1, 0.15) is 13.3 Å². The summed E-state index contributed by atoms with van der Waals surface area (Å²) >= 11 is 0. The maximum atomic E-state index is 11.9. The van der Waals surface area contributed by atoms with Crippen LogP contribution in [0.15, 0.2) is 0 Å². The SMILES string of the molecule is CCCNC(=O)OC[C@H]1O[C@@](CO[C@]2(CO)O[C@H](CO)[C@H](O)C2O)(OC[C@@]2(O)OC(CO)[C@@H](O)[CH]C2O)C(O)[C@H]1O. The van der Waals surface area contributed by atoms with Crippen LogP contribution in [-0.4, -0.2) is 176 Å². The average molecular weight is 603 g/mol. The van der Waals surface area contributed by atoms with Crippen molar-refractivity contribution in [2.24, 2.45) is 0 Å². The summed E-state index contributed by atoms with van der Waals surface area (Å²) < 4.78 is 32.4. The molecule has 18 heteroatoms. The van der Waals surface area contributed by atoms with Gasteiger partial charge in [-0.3, -0.25) is 0 Å². The molecule has 3 aliphatic rings. The number of carbonyl (C=O) groups is 1. The Bertz CT molecular complexity index is 855. The standard InChI is InChI=1S/C23H40NO17/c1-2-3-24-20(34)36-7-14-17(31)19(33)23(41-14,10-38-22(8-27)18(32)16(30)13(6-26)40-22)37-9-21(35)15(29)4-11(28)12(5-25)39-21/h4,11-19,25-33,35H,2-3,5-10H2,1H3,(H,24,34)/t11-,12?,13+,14+,15?,16-,17-,18?,19?,21+,22+,23+/m0/s1. The molecule has 12 atom stereocenters. The highest BCUT2D eigenvalue weighted by atomic mass is 16.8. The van der Waals surface area contributed by atoms with Crippen molar-refractivity contribution in [3.05, 3.63) is 6.42 Å². The molecular formula is C23H40NO17. The van der Waals surface area contributed by atoms with Crippen LogP contribution in [0.25, 0.3) is 0 Å². The number of aliphatic hydroxyl groups is 10. The highest BCUT2D eigenvalue weighted by molar-refractivity contribution is 5.67. The van der Waals surface area contributed by atoms with Gasteiger partial charge in [-0.2, -0.15) is 0 Å². The van der Waals surface area contributed by atoms with Gasteiger partial charge in [0, 0.05) is 13.0 Å². The molecule has 0 aromatic heterocycles. The summed E-state index contributed by atoms with van der Waals surface area (Å²) in [6.45, 7) is -3.14. The Kier molecular flexibility index (Phi) is 11.6. The molecule has 0 bridgehead atoms. The van der Waals surface area contributed by atoms with E-state index in [1.165, 1.54) is 0 Å². The van der Waals surface area contributed by atoms with Crippen LogP contribution in [0.2, 0.25) is 0 Å². The van der Waals surface area contributed by atoms with Crippen LogP contribution in [0.5, 0.6) is 0 Å². The van der Waals surface area contributed by atoms with Crippen LogP contribution in [0.3, 0.4) is 0 Å². The van der Waals surface area contributed by atoms with Crippen molar-refractivity contribution in [1.29, 1.82) is 0 Å². The molecule has 0 spiro atoms. The van der Waals surface area contributed by atoms with E-state index >= 15 is 0 Å². The molecule has 1 radical (unpaired) electrons. The van der Waals surface area contributed by atoms with Crippen LogP contribution >= 0.6 is 0 Å². The normalized spacial score (nSPS) is 44.7. The molecule has 3 rings (SSSR count). The van der Waals surface area contributed by atoms with Crippen LogP contribution in [0, 0.1) is 6.42 Å². The Morgan fingerprint density at radius 2 is 1.44 bits per heavy atom. The van der Waals surface area contributed by atoms with E-state index in [1.807, 2.05) is 0 Å². The van der Waals surface area contributed by atoms with Crippen molar-refractivity contribution >= 4 is 6.09 Å². The molecule has 4 unspecified atom stereocenters. The van der Waals surface area contributed by atoms with Gasteiger partial charge >= 0.3 is 6.09 Å². The van der Waals surface area contributed by atoms with E-state index < -0.39 is 118 Å². The fraction of sp³-hybridized carbons (Fsp3) is 0.913. The Morgan fingerprint density at radius 3 is 2.02 bits per heavy atom. The highest BCUT2D eigenvalue weighted by Gasteiger charge is 2.61. The molecule has 3 aliphatic heterocycles. The molecule has 3 saturated heterocycles. The quantitative estimate of drug-likeness (QED) is 0.0934. The highest BCUT2D eigenvalue weighted by Crippen LogP contribution is 2.39. The summed E-state index contributed by atoms with van der Waals surface area (Å²) in [5.41, 5.74) is 0. The van der Waals surface area contributed by atoms with Gasteiger partial charge in [0.15, 0.2) is 0 Å². The van der Waals surface area contributed by atoms with Crippen molar-refractivity contribution in [3.63, 3.8) is 0 Å². The van der Waals surface area contributed by atoms with Crippen LogP contribution in [0.4, 0.5) is 4.79 Å². The summed E-state index contributed by atoms with van der Waals surface area (Å²) in [7, 11) is 0. The molecular weight excluding hydrogens is 562 g/mol. The molecule has 0 saturated carbocycles. The molecule has 1 amide bonds. The van der Waals surface area contributed by atoms with Gasteiger partial charge in [0.1, 0.15) is 75.3 Å². The average Bonchev–Trinajstić information content (AvgIpc) is 3.35. The fourth-order valence-electron chi connectivity index (χ4n) is 4.58. The van der Waals surface area contributed by atoms with Crippen LogP contribution in [-0.2, 0) is 28.4 Å². The van der Waals surface area contributed by atoms with E-state index in [-0.39, 0.29) is 0 Å². The van der Waals surface area contributed by atoms with E-state index in [2.05, 4.69) is 5.32 Å². The Balaban J connectivity index is 1.83. The Labute approximate surface area is 234 Å². The second-order valence-corrected chi connectivity index (χ2v) is 10.1. The number of alkyl carbamates (subject to hydrolysis) is 1. The number of hydrogen-bond donors (Lipinski definition) is 11. The maximum absolute atomic E-state index is 11.9. The molecule has 0 aliphatic carbocycles. The third kappa shape index (κ3) is 7.08.